The van der Waals surface area contributed by atoms with Crippen LogP contribution >= 0.6 is 0 Å². The van der Waals surface area contributed by atoms with E-state index in [-0.39, 0.29) is 11.9 Å². The smallest absolute Gasteiger partial charge is 0.223 e. The average molecular weight is 262 g/mol. The molecule has 0 unspecified atom stereocenters. The van der Waals surface area contributed by atoms with E-state index in [2.05, 4.69) is 27.7 Å². The molecule has 0 saturated carbocycles. The summed E-state index contributed by atoms with van der Waals surface area (Å²) in [6, 6.07) is 8.01. The van der Waals surface area contributed by atoms with E-state index in [1.165, 1.54) is 0 Å². The van der Waals surface area contributed by atoms with Crippen molar-refractivity contribution in [3.05, 3.63) is 29.8 Å². The summed E-state index contributed by atoms with van der Waals surface area (Å²) in [6.45, 7) is 9.26. The third-order valence-electron chi connectivity index (χ3n) is 3.11. The molecule has 0 aliphatic rings. The number of benzene rings is 1. The van der Waals surface area contributed by atoms with Crippen LogP contribution in [0.15, 0.2) is 24.3 Å². The number of nitrogens with zero attached hydrogens (tertiary/aromatic N) is 1. The normalized spacial score (nSPS) is 11.1. The second kappa shape index (κ2) is 7.17. The molecule has 0 radical (unpaired) electrons. The summed E-state index contributed by atoms with van der Waals surface area (Å²) in [5.41, 5.74) is 7.58. The minimum absolute atomic E-state index is 0.237. The molecule has 1 aromatic carbocycles. The standard InChI is InChI=1S/C16H26N2O/c1-12(2)11-18(13(3)4)16(19)10-7-14-5-8-15(17)9-6-14/h5-6,8-9,12-13H,7,10-11,17H2,1-4H3. The Hall–Kier alpha value is -1.51. The number of aryl methyl sites for hydroxylation is 1. The molecule has 0 aromatic heterocycles. The van der Waals surface area contributed by atoms with Crippen LogP contribution in [0.3, 0.4) is 0 Å². The molecule has 19 heavy (non-hydrogen) atoms. The molecule has 0 atom stereocenters. The number of carbonyl (C=O) groups excluding carboxylic acids is 1. The van der Waals surface area contributed by atoms with Gasteiger partial charge >= 0.3 is 0 Å². The Morgan fingerprint density at radius 2 is 1.74 bits per heavy atom. The van der Waals surface area contributed by atoms with Gasteiger partial charge in [-0.1, -0.05) is 26.0 Å². The van der Waals surface area contributed by atoms with Gasteiger partial charge in [0.15, 0.2) is 0 Å². The van der Waals surface area contributed by atoms with E-state index < -0.39 is 0 Å². The lowest BCUT2D eigenvalue weighted by atomic mass is 10.1. The van der Waals surface area contributed by atoms with Crippen LogP contribution in [0.25, 0.3) is 0 Å². The first kappa shape index (κ1) is 15.5. The number of amides is 1. The Bertz CT molecular complexity index is 396. The van der Waals surface area contributed by atoms with Crippen LogP contribution in [0, 0.1) is 5.92 Å². The van der Waals surface area contributed by atoms with Crippen molar-refractivity contribution in [3.8, 4) is 0 Å². The van der Waals surface area contributed by atoms with Gasteiger partial charge in [-0.3, -0.25) is 4.79 Å². The van der Waals surface area contributed by atoms with Crippen molar-refractivity contribution in [2.24, 2.45) is 5.92 Å². The van der Waals surface area contributed by atoms with Gasteiger partial charge in [0.2, 0.25) is 5.91 Å². The van der Waals surface area contributed by atoms with Gasteiger partial charge in [0, 0.05) is 24.7 Å². The molecule has 0 aliphatic carbocycles. The van der Waals surface area contributed by atoms with Gasteiger partial charge in [-0.05, 0) is 43.9 Å². The molecule has 1 amide bonds. The molecule has 0 saturated heterocycles. The third kappa shape index (κ3) is 5.33. The molecule has 3 heteroatoms. The lowest BCUT2D eigenvalue weighted by Crippen LogP contribution is -2.39. The van der Waals surface area contributed by atoms with Gasteiger partial charge in [-0.15, -0.1) is 0 Å². The van der Waals surface area contributed by atoms with E-state index in [4.69, 9.17) is 5.73 Å². The zero-order valence-electron chi connectivity index (χ0n) is 12.5. The number of nitrogens with two attached hydrogens (primary N) is 1. The Kier molecular flexibility index (Phi) is 5.87. The number of hydrogen-bond acceptors (Lipinski definition) is 2. The molecule has 106 valence electrons. The summed E-state index contributed by atoms with van der Waals surface area (Å²) in [5, 5.41) is 0. The molecule has 0 heterocycles. The second-order valence-corrected chi connectivity index (χ2v) is 5.78. The topological polar surface area (TPSA) is 46.3 Å². The molecular formula is C16H26N2O. The van der Waals surface area contributed by atoms with Crippen molar-refractivity contribution in [1.29, 1.82) is 0 Å². The van der Waals surface area contributed by atoms with E-state index in [1.54, 1.807) is 0 Å². The SMILES string of the molecule is CC(C)CN(C(=O)CCc1ccc(N)cc1)C(C)C. The molecule has 0 spiro atoms. The average Bonchev–Trinajstić information content (AvgIpc) is 2.34. The first-order valence-electron chi connectivity index (χ1n) is 7.04. The number of nitrogen functional groups attached to an aromatic ring is 1. The van der Waals surface area contributed by atoms with Gasteiger partial charge in [-0.25, -0.2) is 0 Å². The summed E-state index contributed by atoms with van der Waals surface area (Å²) in [7, 11) is 0. The van der Waals surface area contributed by atoms with E-state index in [9.17, 15) is 4.79 Å². The summed E-state index contributed by atoms with van der Waals surface area (Å²) < 4.78 is 0. The van der Waals surface area contributed by atoms with E-state index in [1.807, 2.05) is 29.2 Å². The molecule has 0 fully saturated rings. The highest BCUT2D eigenvalue weighted by Crippen LogP contribution is 2.11. The van der Waals surface area contributed by atoms with Crippen molar-refractivity contribution >= 4 is 11.6 Å². The summed E-state index contributed by atoms with van der Waals surface area (Å²) in [6.07, 6.45) is 1.34. The quantitative estimate of drug-likeness (QED) is 0.801. The van der Waals surface area contributed by atoms with Crippen molar-refractivity contribution in [2.75, 3.05) is 12.3 Å². The van der Waals surface area contributed by atoms with Crippen molar-refractivity contribution in [1.82, 2.24) is 4.90 Å². The maximum absolute atomic E-state index is 12.3. The first-order chi connectivity index (χ1) is 8.90. The van der Waals surface area contributed by atoms with E-state index in [0.717, 1.165) is 24.2 Å². The Morgan fingerprint density at radius 1 is 1.16 bits per heavy atom. The lowest BCUT2D eigenvalue weighted by Gasteiger charge is -2.28. The fourth-order valence-electron chi connectivity index (χ4n) is 2.07. The molecule has 1 rings (SSSR count). The van der Waals surface area contributed by atoms with Crippen LogP contribution in [0.4, 0.5) is 5.69 Å². The molecule has 2 N–H and O–H groups in total. The van der Waals surface area contributed by atoms with Gasteiger partial charge in [0.1, 0.15) is 0 Å². The summed E-state index contributed by atoms with van der Waals surface area (Å²) in [5.74, 6) is 0.739. The molecule has 0 bridgehead atoms. The van der Waals surface area contributed by atoms with Crippen LogP contribution in [-0.2, 0) is 11.2 Å². The molecule has 0 aliphatic heterocycles. The minimum atomic E-state index is 0.237. The van der Waals surface area contributed by atoms with E-state index >= 15 is 0 Å². The van der Waals surface area contributed by atoms with Crippen LogP contribution in [0.1, 0.15) is 39.7 Å². The van der Waals surface area contributed by atoms with Crippen molar-refractivity contribution < 1.29 is 4.79 Å². The number of rotatable bonds is 6. The highest BCUT2D eigenvalue weighted by atomic mass is 16.2. The van der Waals surface area contributed by atoms with Crippen molar-refractivity contribution in [3.63, 3.8) is 0 Å². The Labute approximate surface area is 116 Å². The minimum Gasteiger partial charge on any atom is -0.399 e. The lowest BCUT2D eigenvalue weighted by molar-refractivity contribution is -0.133. The third-order valence-corrected chi connectivity index (χ3v) is 3.11. The van der Waals surface area contributed by atoms with Crippen LogP contribution < -0.4 is 5.73 Å². The Balaban J connectivity index is 2.54. The summed E-state index contributed by atoms with van der Waals surface area (Å²) >= 11 is 0. The highest BCUT2D eigenvalue weighted by Gasteiger charge is 2.17. The van der Waals surface area contributed by atoms with Crippen LogP contribution in [0.5, 0.6) is 0 Å². The van der Waals surface area contributed by atoms with E-state index in [0.29, 0.717) is 12.3 Å². The predicted octanol–water partition coefficient (Wildman–Crippen LogP) is 3.09. The number of hydrogen-bond donors (Lipinski definition) is 1. The fourth-order valence-corrected chi connectivity index (χ4v) is 2.07. The maximum atomic E-state index is 12.3. The van der Waals surface area contributed by atoms with Gasteiger partial charge < -0.3 is 10.6 Å². The monoisotopic (exact) mass is 262 g/mol. The molecular weight excluding hydrogens is 236 g/mol. The number of carbonyl (C=O) groups is 1. The molecule has 1 aromatic rings. The zero-order chi connectivity index (χ0) is 14.4. The second-order valence-electron chi connectivity index (χ2n) is 5.78. The summed E-state index contributed by atoms with van der Waals surface area (Å²) in [4.78, 5) is 14.2. The zero-order valence-corrected chi connectivity index (χ0v) is 12.5. The van der Waals surface area contributed by atoms with Crippen LogP contribution in [-0.4, -0.2) is 23.4 Å². The Morgan fingerprint density at radius 3 is 2.21 bits per heavy atom. The first-order valence-corrected chi connectivity index (χ1v) is 7.04. The van der Waals surface area contributed by atoms with Gasteiger partial charge in [0.25, 0.3) is 0 Å². The van der Waals surface area contributed by atoms with Gasteiger partial charge in [-0.2, -0.15) is 0 Å². The van der Waals surface area contributed by atoms with Crippen molar-refractivity contribution in [2.45, 2.75) is 46.6 Å². The fraction of sp³-hybridized carbons (Fsp3) is 0.562. The largest absolute Gasteiger partial charge is 0.399 e. The number of anilines is 1. The predicted molar refractivity (Wildman–Crippen MR) is 80.9 cm³/mol. The molecule has 3 nitrogen and oxygen atoms in total. The maximum Gasteiger partial charge on any atom is 0.223 e. The highest BCUT2D eigenvalue weighted by molar-refractivity contribution is 5.76. The van der Waals surface area contributed by atoms with Gasteiger partial charge in [0.05, 0.1) is 0 Å². The van der Waals surface area contributed by atoms with Crippen LogP contribution in [0.2, 0.25) is 0 Å².